The second kappa shape index (κ2) is 6.27. The highest BCUT2D eigenvalue weighted by molar-refractivity contribution is 5.54. The first-order valence-electron chi connectivity index (χ1n) is 8.32. The molecule has 2 aromatic rings. The number of aromatic hydroxyl groups is 2. The van der Waals surface area contributed by atoms with Gasteiger partial charge >= 0.3 is 0 Å². The summed E-state index contributed by atoms with van der Waals surface area (Å²) >= 11 is 0. The molecule has 0 unspecified atom stereocenters. The predicted octanol–water partition coefficient (Wildman–Crippen LogP) is 5.67. The van der Waals surface area contributed by atoms with E-state index in [4.69, 9.17) is 0 Å². The van der Waals surface area contributed by atoms with E-state index in [0.717, 1.165) is 22.3 Å². The Morgan fingerprint density at radius 1 is 0.696 bits per heavy atom. The summed E-state index contributed by atoms with van der Waals surface area (Å²) in [4.78, 5) is 0. The van der Waals surface area contributed by atoms with Crippen LogP contribution in [0.3, 0.4) is 0 Å². The Morgan fingerprint density at radius 3 is 1.35 bits per heavy atom. The van der Waals surface area contributed by atoms with Gasteiger partial charge in [0.25, 0.3) is 0 Å². The lowest BCUT2D eigenvalue weighted by atomic mass is 9.71. The SMILES string of the molecule is CC(C)c1c(O)cccc1C(C)(C)c1cccc(O)c1C(C)C. The summed E-state index contributed by atoms with van der Waals surface area (Å²) in [7, 11) is 0. The second-order valence-corrected chi connectivity index (χ2v) is 7.41. The summed E-state index contributed by atoms with van der Waals surface area (Å²) in [6.45, 7) is 12.7. The average Bonchev–Trinajstić information content (AvgIpc) is 2.45. The molecule has 0 radical (unpaired) electrons. The van der Waals surface area contributed by atoms with E-state index in [9.17, 15) is 10.2 Å². The van der Waals surface area contributed by atoms with E-state index in [1.807, 2.05) is 12.1 Å². The lowest BCUT2D eigenvalue weighted by molar-refractivity contribution is 0.455. The van der Waals surface area contributed by atoms with Crippen molar-refractivity contribution in [3.8, 4) is 11.5 Å². The van der Waals surface area contributed by atoms with Crippen molar-refractivity contribution in [2.45, 2.75) is 58.8 Å². The van der Waals surface area contributed by atoms with Crippen molar-refractivity contribution in [3.63, 3.8) is 0 Å². The van der Waals surface area contributed by atoms with Crippen molar-refractivity contribution in [2.75, 3.05) is 0 Å². The van der Waals surface area contributed by atoms with Crippen LogP contribution >= 0.6 is 0 Å². The smallest absolute Gasteiger partial charge is 0.119 e. The van der Waals surface area contributed by atoms with Crippen molar-refractivity contribution in [3.05, 3.63) is 58.7 Å². The van der Waals surface area contributed by atoms with Gasteiger partial charge in [-0.05, 0) is 35.1 Å². The Morgan fingerprint density at radius 2 is 1.04 bits per heavy atom. The second-order valence-electron chi connectivity index (χ2n) is 7.41. The normalized spacial score (nSPS) is 12.2. The van der Waals surface area contributed by atoms with Crippen LogP contribution in [0.4, 0.5) is 0 Å². The Labute approximate surface area is 139 Å². The molecular formula is C21H28O2. The fourth-order valence-electron chi connectivity index (χ4n) is 3.55. The van der Waals surface area contributed by atoms with Gasteiger partial charge < -0.3 is 10.2 Å². The third-order valence-corrected chi connectivity index (χ3v) is 4.67. The molecule has 0 bridgehead atoms. The molecule has 2 aromatic carbocycles. The van der Waals surface area contributed by atoms with Gasteiger partial charge in [0.2, 0.25) is 0 Å². The summed E-state index contributed by atoms with van der Waals surface area (Å²) in [6.07, 6.45) is 0. The molecule has 0 fully saturated rings. The van der Waals surface area contributed by atoms with Crippen LogP contribution in [0.15, 0.2) is 36.4 Å². The first kappa shape index (κ1) is 17.4. The van der Waals surface area contributed by atoms with Gasteiger partial charge in [-0.25, -0.2) is 0 Å². The summed E-state index contributed by atoms with van der Waals surface area (Å²) in [6, 6.07) is 11.5. The molecule has 0 spiro atoms. The van der Waals surface area contributed by atoms with Crippen LogP contribution in [0, 0.1) is 0 Å². The van der Waals surface area contributed by atoms with Crippen molar-refractivity contribution >= 4 is 0 Å². The van der Waals surface area contributed by atoms with Gasteiger partial charge in [0.1, 0.15) is 11.5 Å². The average molecular weight is 312 g/mol. The van der Waals surface area contributed by atoms with Crippen LogP contribution < -0.4 is 0 Å². The largest absolute Gasteiger partial charge is 0.508 e. The highest BCUT2D eigenvalue weighted by atomic mass is 16.3. The van der Waals surface area contributed by atoms with Gasteiger partial charge in [-0.2, -0.15) is 0 Å². The van der Waals surface area contributed by atoms with E-state index in [-0.39, 0.29) is 17.3 Å². The molecule has 0 aromatic heterocycles. The van der Waals surface area contributed by atoms with Crippen LogP contribution in [-0.4, -0.2) is 10.2 Å². The fraction of sp³-hybridized carbons (Fsp3) is 0.429. The van der Waals surface area contributed by atoms with Crippen molar-refractivity contribution in [2.24, 2.45) is 0 Å². The third-order valence-electron chi connectivity index (χ3n) is 4.67. The Kier molecular flexibility index (Phi) is 4.74. The Bertz CT molecular complexity index is 637. The van der Waals surface area contributed by atoms with E-state index >= 15 is 0 Å². The minimum absolute atomic E-state index is 0.227. The van der Waals surface area contributed by atoms with Crippen LogP contribution in [0.25, 0.3) is 0 Å². The van der Waals surface area contributed by atoms with Gasteiger partial charge in [-0.15, -0.1) is 0 Å². The lowest BCUT2D eigenvalue weighted by Gasteiger charge is -2.33. The number of phenols is 2. The van der Waals surface area contributed by atoms with E-state index in [0.29, 0.717) is 11.5 Å². The maximum absolute atomic E-state index is 10.4. The number of hydrogen-bond acceptors (Lipinski definition) is 2. The van der Waals surface area contributed by atoms with Crippen LogP contribution in [-0.2, 0) is 5.41 Å². The summed E-state index contributed by atoms with van der Waals surface area (Å²) in [5.74, 6) is 1.14. The maximum atomic E-state index is 10.4. The van der Waals surface area contributed by atoms with Gasteiger partial charge in [-0.1, -0.05) is 65.8 Å². The van der Waals surface area contributed by atoms with E-state index in [2.05, 4.69) is 53.7 Å². The van der Waals surface area contributed by atoms with Gasteiger partial charge in [0.15, 0.2) is 0 Å². The zero-order chi connectivity index (χ0) is 17.4. The highest BCUT2D eigenvalue weighted by Gasteiger charge is 2.31. The minimum Gasteiger partial charge on any atom is -0.508 e. The first-order valence-corrected chi connectivity index (χ1v) is 8.32. The highest BCUT2D eigenvalue weighted by Crippen LogP contribution is 2.44. The van der Waals surface area contributed by atoms with E-state index in [1.54, 1.807) is 12.1 Å². The molecule has 0 aliphatic heterocycles. The number of phenolic OH excluding ortho intramolecular Hbond substituents is 2. The molecular weight excluding hydrogens is 284 g/mol. The molecule has 2 rings (SSSR count). The van der Waals surface area contributed by atoms with Crippen molar-refractivity contribution in [1.29, 1.82) is 0 Å². The van der Waals surface area contributed by atoms with Crippen LogP contribution in [0.5, 0.6) is 11.5 Å². The van der Waals surface area contributed by atoms with E-state index in [1.165, 1.54) is 0 Å². The molecule has 0 atom stereocenters. The molecule has 0 saturated heterocycles. The molecule has 0 amide bonds. The topological polar surface area (TPSA) is 40.5 Å². The molecule has 0 aliphatic carbocycles. The number of rotatable bonds is 4. The molecule has 0 aliphatic rings. The van der Waals surface area contributed by atoms with Gasteiger partial charge in [0, 0.05) is 16.5 Å². The molecule has 2 N–H and O–H groups in total. The zero-order valence-electron chi connectivity index (χ0n) is 15.0. The van der Waals surface area contributed by atoms with Gasteiger partial charge in [-0.3, -0.25) is 0 Å². The molecule has 0 heterocycles. The lowest BCUT2D eigenvalue weighted by Crippen LogP contribution is -2.23. The minimum atomic E-state index is -0.309. The van der Waals surface area contributed by atoms with Crippen molar-refractivity contribution in [1.82, 2.24) is 0 Å². The summed E-state index contributed by atoms with van der Waals surface area (Å²) < 4.78 is 0. The molecule has 0 saturated carbocycles. The molecule has 2 nitrogen and oxygen atoms in total. The third kappa shape index (κ3) is 3.08. The Balaban J connectivity index is 2.75. The van der Waals surface area contributed by atoms with Crippen LogP contribution in [0.1, 0.15) is 75.6 Å². The predicted molar refractivity (Wildman–Crippen MR) is 96.5 cm³/mol. The van der Waals surface area contributed by atoms with Crippen molar-refractivity contribution < 1.29 is 10.2 Å². The molecule has 23 heavy (non-hydrogen) atoms. The number of benzene rings is 2. The maximum Gasteiger partial charge on any atom is 0.119 e. The van der Waals surface area contributed by atoms with Gasteiger partial charge in [0.05, 0.1) is 0 Å². The quantitative estimate of drug-likeness (QED) is 0.763. The summed E-state index contributed by atoms with van der Waals surface area (Å²) in [5.41, 5.74) is 3.88. The standard InChI is InChI=1S/C21H28O2/c1-13(2)19-15(9-7-11-17(19)22)21(5,6)16-10-8-12-18(23)20(16)14(3)4/h7-14,22-23H,1-6H3. The summed E-state index contributed by atoms with van der Waals surface area (Å²) in [5, 5.41) is 20.7. The van der Waals surface area contributed by atoms with E-state index < -0.39 is 0 Å². The first-order chi connectivity index (χ1) is 10.7. The molecule has 2 heteroatoms. The Hall–Kier alpha value is -1.96. The fourth-order valence-corrected chi connectivity index (χ4v) is 3.55. The molecule has 124 valence electrons. The number of hydrogen-bond donors (Lipinski definition) is 2. The monoisotopic (exact) mass is 312 g/mol. The zero-order valence-corrected chi connectivity index (χ0v) is 15.0. The van der Waals surface area contributed by atoms with Crippen LogP contribution in [0.2, 0.25) is 0 Å².